The molecular weight excluding hydrogens is 424 g/mol. The van der Waals surface area contributed by atoms with Crippen LogP contribution in [0.1, 0.15) is 36.3 Å². The number of fused-ring (bicyclic) bond motifs is 1. The molecule has 1 aliphatic rings. The topological polar surface area (TPSA) is 92.9 Å². The lowest BCUT2D eigenvalue weighted by Gasteiger charge is -2.25. The van der Waals surface area contributed by atoms with Gasteiger partial charge >= 0.3 is 5.97 Å². The summed E-state index contributed by atoms with van der Waals surface area (Å²) in [5.41, 5.74) is 8.71. The Hall–Kier alpha value is -2.54. The van der Waals surface area contributed by atoms with Crippen molar-refractivity contribution in [2.45, 2.75) is 36.7 Å². The molecule has 0 aliphatic carbocycles. The fourth-order valence-electron chi connectivity index (χ4n) is 3.47. The Balaban J connectivity index is 1.81. The maximum atomic E-state index is 11.6. The molecule has 2 atom stereocenters. The molecule has 28 heavy (non-hydrogen) atoms. The smallest absolute Gasteiger partial charge is 0.303 e. The van der Waals surface area contributed by atoms with Crippen LogP contribution in [-0.4, -0.2) is 28.5 Å². The summed E-state index contributed by atoms with van der Waals surface area (Å²) in [6.45, 7) is 1.04. The summed E-state index contributed by atoms with van der Waals surface area (Å²) in [6, 6.07) is 15.9. The summed E-state index contributed by atoms with van der Waals surface area (Å²) < 4.78 is 5.71. The van der Waals surface area contributed by atoms with E-state index < -0.39 is 5.97 Å². The first kappa shape index (κ1) is 20.2. The number of nitrogens with zero attached hydrogens (tertiary/aromatic N) is 1. The monoisotopic (exact) mass is 446 g/mol. The maximum absolute atomic E-state index is 11.6. The minimum Gasteiger partial charge on any atom is -0.494 e. The van der Waals surface area contributed by atoms with Crippen LogP contribution < -0.4 is 15.4 Å². The van der Waals surface area contributed by atoms with Crippen LogP contribution in [0.3, 0.4) is 0 Å². The highest BCUT2D eigenvalue weighted by Gasteiger charge is 2.38. The fraction of sp³-hybridized carbons (Fsp3) is 0.333. The van der Waals surface area contributed by atoms with Gasteiger partial charge in [-0.2, -0.15) is 0 Å². The van der Waals surface area contributed by atoms with E-state index >= 15 is 0 Å². The lowest BCUT2D eigenvalue weighted by Crippen LogP contribution is -2.30. The van der Waals surface area contributed by atoms with Crippen molar-refractivity contribution in [2.75, 3.05) is 11.5 Å². The average molecular weight is 447 g/mol. The van der Waals surface area contributed by atoms with E-state index in [4.69, 9.17) is 15.6 Å². The van der Waals surface area contributed by atoms with E-state index in [0.29, 0.717) is 25.3 Å². The molecule has 3 rings (SSSR count). The van der Waals surface area contributed by atoms with Crippen molar-refractivity contribution in [3.05, 3.63) is 59.7 Å². The molecule has 1 amide bonds. The highest BCUT2D eigenvalue weighted by Crippen LogP contribution is 2.47. The van der Waals surface area contributed by atoms with Crippen LogP contribution in [0, 0.1) is 0 Å². The molecule has 0 bridgehead atoms. The van der Waals surface area contributed by atoms with Crippen molar-refractivity contribution in [2.24, 2.45) is 5.73 Å². The number of rotatable bonds is 9. The Morgan fingerprint density at radius 3 is 2.61 bits per heavy atom. The van der Waals surface area contributed by atoms with Crippen LogP contribution >= 0.6 is 15.9 Å². The molecule has 0 saturated heterocycles. The average Bonchev–Trinajstić information content (AvgIpc) is 2.91. The zero-order valence-corrected chi connectivity index (χ0v) is 17.0. The molecule has 0 radical (unpaired) electrons. The predicted molar refractivity (Wildman–Crippen MR) is 111 cm³/mol. The van der Waals surface area contributed by atoms with Gasteiger partial charge in [-0.3, -0.25) is 9.59 Å². The van der Waals surface area contributed by atoms with Crippen molar-refractivity contribution in [3.8, 4) is 5.75 Å². The fourth-order valence-corrected chi connectivity index (χ4v) is 4.31. The van der Waals surface area contributed by atoms with E-state index in [1.807, 2.05) is 36.4 Å². The number of primary amides is 1. The van der Waals surface area contributed by atoms with Crippen LogP contribution in [0.4, 0.5) is 5.69 Å². The largest absolute Gasteiger partial charge is 0.494 e. The number of carbonyl (C=O) groups is 2. The molecule has 2 unspecified atom stereocenters. The number of benzene rings is 2. The van der Waals surface area contributed by atoms with Crippen molar-refractivity contribution >= 4 is 33.5 Å². The molecular formula is C21H23BrN2O4. The van der Waals surface area contributed by atoms with Crippen LogP contribution in [0.15, 0.2) is 48.5 Å². The van der Waals surface area contributed by atoms with Gasteiger partial charge in [-0.25, -0.2) is 0 Å². The number of halogens is 1. The minimum absolute atomic E-state index is 0.0579. The number of ether oxygens (including phenoxy) is 1. The molecule has 3 N–H and O–H groups in total. The van der Waals surface area contributed by atoms with Gasteiger partial charge in [0.2, 0.25) is 5.91 Å². The van der Waals surface area contributed by atoms with Gasteiger partial charge in [0.25, 0.3) is 0 Å². The summed E-state index contributed by atoms with van der Waals surface area (Å²) in [7, 11) is 0. The van der Waals surface area contributed by atoms with Gasteiger partial charge in [-0.05, 0) is 35.7 Å². The van der Waals surface area contributed by atoms with Crippen LogP contribution in [0.5, 0.6) is 5.75 Å². The molecule has 6 nitrogen and oxygen atoms in total. The molecule has 1 heterocycles. The number of nitrogens with two attached hydrogens (primary N) is 1. The number of carbonyl (C=O) groups excluding carboxylic acids is 1. The predicted octanol–water partition coefficient (Wildman–Crippen LogP) is 3.63. The highest BCUT2D eigenvalue weighted by molar-refractivity contribution is 9.09. The highest BCUT2D eigenvalue weighted by atomic mass is 79.9. The third-order valence-electron chi connectivity index (χ3n) is 4.76. The molecule has 0 spiro atoms. The summed E-state index contributed by atoms with van der Waals surface area (Å²) in [6.07, 6.45) is 0.749. The Morgan fingerprint density at radius 2 is 1.93 bits per heavy atom. The van der Waals surface area contributed by atoms with Gasteiger partial charge < -0.3 is 20.5 Å². The van der Waals surface area contributed by atoms with Crippen LogP contribution in [0.2, 0.25) is 0 Å². The third-order valence-corrected chi connectivity index (χ3v) is 5.89. The van der Waals surface area contributed by atoms with Gasteiger partial charge in [-0.1, -0.05) is 46.3 Å². The van der Waals surface area contributed by atoms with E-state index in [2.05, 4.69) is 33.0 Å². The lowest BCUT2D eigenvalue weighted by molar-refractivity contribution is -0.137. The summed E-state index contributed by atoms with van der Waals surface area (Å²) in [5, 5.41) is 8.73. The number of hydrogen-bond acceptors (Lipinski definition) is 4. The first-order valence-corrected chi connectivity index (χ1v) is 10.1. The zero-order chi connectivity index (χ0) is 20.1. The second-order valence-electron chi connectivity index (χ2n) is 6.83. The SMILES string of the molecule is NC(=O)CC1c2cc(OCCCC(=O)O)ccc2N(Cc2ccccc2)C1Br. The lowest BCUT2D eigenvalue weighted by atomic mass is 9.97. The molecule has 0 saturated carbocycles. The van der Waals surface area contributed by atoms with Crippen molar-refractivity contribution in [1.82, 2.24) is 0 Å². The molecule has 7 heteroatoms. The number of carboxylic acids is 1. The number of anilines is 1. The quantitative estimate of drug-likeness (QED) is 0.348. The molecule has 0 fully saturated rings. The summed E-state index contributed by atoms with van der Waals surface area (Å²) in [5.74, 6) is -0.605. The van der Waals surface area contributed by atoms with Crippen LogP contribution in [-0.2, 0) is 16.1 Å². The normalized spacial score (nSPS) is 18.0. The molecule has 148 valence electrons. The second-order valence-corrected chi connectivity index (χ2v) is 7.77. The maximum Gasteiger partial charge on any atom is 0.303 e. The Labute approximate surface area is 172 Å². The first-order chi connectivity index (χ1) is 13.5. The number of hydrogen-bond donors (Lipinski definition) is 2. The number of carboxylic acid groups (broad SMARTS) is 1. The van der Waals surface area contributed by atoms with E-state index in [1.165, 1.54) is 5.56 Å². The second kappa shape index (κ2) is 9.10. The van der Waals surface area contributed by atoms with E-state index in [9.17, 15) is 9.59 Å². The molecule has 1 aliphatic heterocycles. The van der Waals surface area contributed by atoms with Crippen LogP contribution in [0.25, 0.3) is 0 Å². The van der Waals surface area contributed by atoms with E-state index in [0.717, 1.165) is 11.3 Å². The Morgan fingerprint density at radius 1 is 1.18 bits per heavy atom. The van der Waals surface area contributed by atoms with Gasteiger partial charge in [0.05, 0.1) is 11.6 Å². The number of aliphatic carboxylic acids is 1. The summed E-state index contributed by atoms with van der Waals surface area (Å²) in [4.78, 5) is 24.4. The zero-order valence-electron chi connectivity index (χ0n) is 15.4. The van der Waals surface area contributed by atoms with Gasteiger partial charge in [0.1, 0.15) is 5.75 Å². The Kier molecular flexibility index (Phi) is 6.57. The van der Waals surface area contributed by atoms with E-state index in [1.54, 1.807) is 0 Å². The third kappa shape index (κ3) is 4.84. The van der Waals surface area contributed by atoms with Crippen molar-refractivity contribution < 1.29 is 19.4 Å². The van der Waals surface area contributed by atoms with Gasteiger partial charge in [0.15, 0.2) is 0 Å². The number of alkyl halides is 1. The van der Waals surface area contributed by atoms with Gasteiger partial charge in [-0.15, -0.1) is 0 Å². The minimum atomic E-state index is -0.835. The molecule has 2 aromatic rings. The van der Waals surface area contributed by atoms with Crippen molar-refractivity contribution in [3.63, 3.8) is 0 Å². The first-order valence-electron chi connectivity index (χ1n) is 9.17. The van der Waals surface area contributed by atoms with Crippen molar-refractivity contribution in [1.29, 1.82) is 0 Å². The number of amides is 1. The van der Waals surface area contributed by atoms with Gasteiger partial charge in [0, 0.05) is 31.0 Å². The van der Waals surface area contributed by atoms with E-state index in [-0.39, 0.29) is 29.6 Å². The summed E-state index contributed by atoms with van der Waals surface area (Å²) >= 11 is 3.75. The Bertz CT molecular complexity index is 844. The molecule has 2 aromatic carbocycles. The standard InChI is InChI=1S/C21H23BrN2O4/c22-21-17(12-19(23)25)16-11-15(28-10-4-7-20(26)27)8-9-18(16)24(21)13-14-5-2-1-3-6-14/h1-3,5-6,8-9,11,17,21H,4,7,10,12-13H2,(H2,23,25)(H,26,27). The molecule has 0 aromatic heterocycles.